The number of benzene rings is 1. The van der Waals surface area contributed by atoms with E-state index < -0.39 is 0 Å². The number of hydrogen-bond donors (Lipinski definition) is 0. The number of carbonyl (C=O) groups excluding carboxylic acids is 1. The van der Waals surface area contributed by atoms with Crippen molar-refractivity contribution in [2.75, 3.05) is 0 Å². The van der Waals surface area contributed by atoms with Gasteiger partial charge in [-0.05, 0) is 54.4 Å². The summed E-state index contributed by atoms with van der Waals surface area (Å²) >= 11 is 0. The predicted molar refractivity (Wildman–Crippen MR) is 81.6 cm³/mol. The fourth-order valence-corrected chi connectivity index (χ4v) is 3.15. The molecular formula is C18H24O. The van der Waals surface area contributed by atoms with Gasteiger partial charge in [-0.15, -0.1) is 0 Å². The minimum atomic E-state index is 0.197. The van der Waals surface area contributed by atoms with Gasteiger partial charge in [-0.25, -0.2) is 0 Å². The van der Waals surface area contributed by atoms with Gasteiger partial charge in [-0.2, -0.15) is 0 Å². The SMILES string of the molecule is CC(=O)C1=C(C)Cc2cc(C(C)C)c(C(C)C)cc21. The second kappa shape index (κ2) is 4.96. The third kappa shape index (κ3) is 2.39. The van der Waals surface area contributed by atoms with Crippen LogP contribution >= 0.6 is 0 Å². The lowest BCUT2D eigenvalue weighted by molar-refractivity contribution is -0.111. The van der Waals surface area contributed by atoms with Gasteiger partial charge in [0.15, 0.2) is 5.78 Å². The standard InChI is InChI=1S/C18H24O/c1-10(2)15-8-14-7-12(5)18(13(6)19)17(14)9-16(15)11(3)4/h8-11H,7H2,1-6H3. The first-order valence-electron chi connectivity index (χ1n) is 7.20. The first-order valence-corrected chi connectivity index (χ1v) is 7.20. The maximum Gasteiger partial charge on any atom is 0.160 e. The molecule has 0 saturated carbocycles. The Balaban J connectivity index is 2.64. The lowest BCUT2D eigenvalue weighted by Crippen LogP contribution is -2.03. The lowest BCUT2D eigenvalue weighted by Gasteiger charge is -2.19. The third-order valence-electron chi connectivity index (χ3n) is 4.06. The van der Waals surface area contributed by atoms with Crippen LogP contribution in [0.3, 0.4) is 0 Å². The van der Waals surface area contributed by atoms with Crippen LogP contribution in [-0.4, -0.2) is 5.78 Å². The van der Waals surface area contributed by atoms with Crippen molar-refractivity contribution in [3.05, 3.63) is 40.0 Å². The van der Waals surface area contributed by atoms with Gasteiger partial charge >= 0.3 is 0 Å². The molecule has 0 amide bonds. The predicted octanol–water partition coefficient (Wildman–Crippen LogP) is 4.85. The van der Waals surface area contributed by atoms with E-state index in [9.17, 15) is 4.79 Å². The summed E-state index contributed by atoms with van der Waals surface area (Å²) in [5, 5.41) is 0. The van der Waals surface area contributed by atoms with Crippen molar-refractivity contribution >= 4 is 11.4 Å². The average molecular weight is 256 g/mol. The molecule has 0 bridgehead atoms. The highest BCUT2D eigenvalue weighted by atomic mass is 16.1. The summed E-state index contributed by atoms with van der Waals surface area (Å²) < 4.78 is 0. The molecule has 0 radical (unpaired) electrons. The summed E-state index contributed by atoms with van der Waals surface area (Å²) in [5.74, 6) is 1.23. The van der Waals surface area contributed by atoms with Crippen LogP contribution in [0.1, 0.15) is 75.6 Å². The molecule has 0 heterocycles. The molecule has 1 aromatic rings. The molecule has 1 heteroatoms. The topological polar surface area (TPSA) is 17.1 Å². The highest BCUT2D eigenvalue weighted by Crippen LogP contribution is 2.38. The van der Waals surface area contributed by atoms with E-state index in [4.69, 9.17) is 0 Å². The summed E-state index contributed by atoms with van der Waals surface area (Å²) in [6, 6.07) is 4.59. The Labute approximate surface area is 116 Å². The normalized spacial score (nSPS) is 14.5. The van der Waals surface area contributed by atoms with Gasteiger partial charge in [0.2, 0.25) is 0 Å². The van der Waals surface area contributed by atoms with Crippen LogP contribution in [0.25, 0.3) is 5.57 Å². The zero-order chi connectivity index (χ0) is 14.3. The van der Waals surface area contributed by atoms with Gasteiger partial charge in [0.05, 0.1) is 0 Å². The van der Waals surface area contributed by atoms with Gasteiger partial charge < -0.3 is 0 Å². The van der Waals surface area contributed by atoms with Crippen molar-refractivity contribution in [2.24, 2.45) is 0 Å². The Morgan fingerprint density at radius 2 is 1.58 bits per heavy atom. The lowest BCUT2D eigenvalue weighted by atomic mass is 9.86. The molecule has 102 valence electrons. The molecule has 1 aromatic carbocycles. The molecular weight excluding hydrogens is 232 g/mol. The van der Waals surface area contributed by atoms with Crippen LogP contribution in [0.5, 0.6) is 0 Å². The number of rotatable bonds is 3. The highest BCUT2D eigenvalue weighted by Gasteiger charge is 2.24. The monoisotopic (exact) mass is 256 g/mol. The van der Waals surface area contributed by atoms with Crippen molar-refractivity contribution < 1.29 is 4.79 Å². The van der Waals surface area contributed by atoms with E-state index in [1.165, 1.54) is 27.8 Å². The first kappa shape index (κ1) is 14.0. The van der Waals surface area contributed by atoms with Crippen molar-refractivity contribution in [1.82, 2.24) is 0 Å². The van der Waals surface area contributed by atoms with Crippen LogP contribution in [-0.2, 0) is 11.2 Å². The maximum absolute atomic E-state index is 11.9. The summed E-state index contributed by atoms with van der Waals surface area (Å²) in [5.41, 5.74) is 7.51. The number of Topliss-reactive ketones (excluding diaryl/α,β-unsaturated/α-hetero) is 1. The highest BCUT2D eigenvalue weighted by molar-refractivity contribution is 6.22. The van der Waals surface area contributed by atoms with E-state index in [1.54, 1.807) is 6.92 Å². The molecule has 0 spiro atoms. The maximum atomic E-state index is 11.9. The first-order chi connectivity index (χ1) is 8.82. The van der Waals surface area contributed by atoms with Gasteiger partial charge in [-0.3, -0.25) is 4.79 Å². The quantitative estimate of drug-likeness (QED) is 0.755. The van der Waals surface area contributed by atoms with Gasteiger partial charge in [0.1, 0.15) is 0 Å². The Morgan fingerprint density at radius 3 is 2.05 bits per heavy atom. The number of ketones is 1. The van der Waals surface area contributed by atoms with Crippen LogP contribution in [0.2, 0.25) is 0 Å². The molecule has 2 rings (SSSR count). The average Bonchev–Trinajstić information content (AvgIpc) is 2.61. The van der Waals surface area contributed by atoms with Gasteiger partial charge in [0, 0.05) is 5.57 Å². The molecule has 0 fully saturated rings. The van der Waals surface area contributed by atoms with E-state index in [-0.39, 0.29) is 5.78 Å². The molecule has 0 saturated heterocycles. The second-order valence-electron chi connectivity index (χ2n) is 6.34. The fourth-order valence-electron chi connectivity index (χ4n) is 3.15. The summed E-state index contributed by atoms with van der Waals surface area (Å²) in [4.78, 5) is 11.9. The van der Waals surface area contributed by atoms with Crippen LogP contribution in [0, 0.1) is 0 Å². The molecule has 0 atom stereocenters. The van der Waals surface area contributed by atoms with Crippen molar-refractivity contribution in [1.29, 1.82) is 0 Å². The zero-order valence-electron chi connectivity index (χ0n) is 12.9. The number of hydrogen-bond acceptors (Lipinski definition) is 1. The van der Waals surface area contributed by atoms with E-state index in [1.807, 2.05) is 0 Å². The molecule has 1 aliphatic rings. The number of allylic oxidation sites excluding steroid dienone is 2. The van der Waals surface area contributed by atoms with E-state index in [2.05, 4.69) is 46.8 Å². The minimum absolute atomic E-state index is 0.197. The summed E-state index contributed by atoms with van der Waals surface area (Å²) in [6.45, 7) is 12.7. The van der Waals surface area contributed by atoms with Crippen LogP contribution in [0.15, 0.2) is 17.7 Å². The zero-order valence-corrected chi connectivity index (χ0v) is 12.9. The Bertz CT molecular complexity index is 559. The largest absolute Gasteiger partial charge is 0.294 e. The Morgan fingerprint density at radius 1 is 1.05 bits per heavy atom. The Kier molecular flexibility index (Phi) is 3.66. The summed E-state index contributed by atoms with van der Waals surface area (Å²) in [6.07, 6.45) is 0.933. The molecule has 0 unspecified atom stereocenters. The molecule has 0 aromatic heterocycles. The van der Waals surface area contributed by atoms with Crippen molar-refractivity contribution in [2.45, 2.75) is 59.8 Å². The van der Waals surface area contributed by atoms with Gasteiger partial charge in [-0.1, -0.05) is 45.4 Å². The molecule has 0 N–H and O–H groups in total. The van der Waals surface area contributed by atoms with Crippen LogP contribution < -0.4 is 0 Å². The van der Waals surface area contributed by atoms with Crippen molar-refractivity contribution in [3.8, 4) is 0 Å². The van der Waals surface area contributed by atoms with Gasteiger partial charge in [0.25, 0.3) is 0 Å². The van der Waals surface area contributed by atoms with E-state index >= 15 is 0 Å². The molecule has 19 heavy (non-hydrogen) atoms. The summed E-state index contributed by atoms with van der Waals surface area (Å²) in [7, 11) is 0. The molecule has 0 aliphatic heterocycles. The number of fused-ring (bicyclic) bond motifs is 1. The minimum Gasteiger partial charge on any atom is -0.294 e. The van der Waals surface area contributed by atoms with Crippen molar-refractivity contribution in [3.63, 3.8) is 0 Å². The smallest absolute Gasteiger partial charge is 0.160 e. The van der Waals surface area contributed by atoms with E-state index in [0.29, 0.717) is 11.8 Å². The molecule has 1 aliphatic carbocycles. The third-order valence-corrected chi connectivity index (χ3v) is 4.06. The molecule has 1 nitrogen and oxygen atoms in total. The fraction of sp³-hybridized carbons (Fsp3) is 0.500. The second-order valence-corrected chi connectivity index (χ2v) is 6.34. The van der Waals surface area contributed by atoms with Crippen LogP contribution in [0.4, 0.5) is 0 Å². The Hall–Kier alpha value is -1.37. The number of carbonyl (C=O) groups is 1. The van der Waals surface area contributed by atoms with E-state index in [0.717, 1.165) is 12.0 Å².